The first-order valence-electron chi connectivity index (χ1n) is 9.99. The summed E-state index contributed by atoms with van der Waals surface area (Å²) in [6, 6.07) is 8.96. The van der Waals surface area contributed by atoms with E-state index < -0.39 is 5.97 Å². The summed E-state index contributed by atoms with van der Waals surface area (Å²) >= 11 is 0. The highest BCUT2D eigenvalue weighted by atomic mass is 16.5. The Morgan fingerprint density at radius 1 is 1.20 bits per heavy atom. The van der Waals surface area contributed by atoms with Gasteiger partial charge in [-0.15, -0.1) is 0 Å². The van der Waals surface area contributed by atoms with E-state index in [1.807, 2.05) is 30.0 Å². The maximum atomic E-state index is 13.4. The molecule has 0 N–H and O–H groups in total. The first-order valence-corrected chi connectivity index (χ1v) is 9.99. The molecule has 4 rings (SSSR count). The van der Waals surface area contributed by atoms with E-state index in [4.69, 9.17) is 9.26 Å². The molecule has 3 heterocycles. The average Bonchev–Trinajstić information content (AvgIpc) is 3.46. The smallest absolute Gasteiger partial charge is 0.360 e. The number of likely N-dealkylation sites (tertiary alicyclic amines) is 1. The van der Waals surface area contributed by atoms with E-state index in [2.05, 4.69) is 15.4 Å². The van der Waals surface area contributed by atoms with Crippen LogP contribution >= 0.6 is 0 Å². The standard InChI is InChI=1S/C21H23N5O4/c1-3-29-21(28)17-12-19(30-24-17)15-9-8-14(2)25(13-15)20(27)16-6-4-5-7-18(16)26-22-10-11-23-26/h4-7,10-12,14-15H,3,8-9,13H2,1-2H3/t14-,15?/m1/s1. The van der Waals surface area contributed by atoms with Gasteiger partial charge in [0.15, 0.2) is 5.69 Å². The Hall–Kier alpha value is -3.49. The molecule has 1 aromatic carbocycles. The summed E-state index contributed by atoms with van der Waals surface area (Å²) < 4.78 is 10.4. The molecule has 9 heteroatoms. The Morgan fingerprint density at radius 3 is 2.73 bits per heavy atom. The van der Waals surface area contributed by atoms with Gasteiger partial charge >= 0.3 is 5.97 Å². The molecule has 0 radical (unpaired) electrons. The number of aromatic nitrogens is 4. The number of piperidine rings is 1. The van der Waals surface area contributed by atoms with Crippen molar-refractivity contribution in [1.82, 2.24) is 25.1 Å². The molecule has 1 fully saturated rings. The van der Waals surface area contributed by atoms with Crippen molar-refractivity contribution in [1.29, 1.82) is 0 Å². The lowest BCUT2D eigenvalue weighted by Gasteiger charge is -2.37. The molecule has 0 saturated carbocycles. The van der Waals surface area contributed by atoms with Gasteiger partial charge in [0.1, 0.15) is 5.76 Å². The number of carbonyl (C=O) groups is 2. The summed E-state index contributed by atoms with van der Waals surface area (Å²) in [5, 5.41) is 12.1. The topological polar surface area (TPSA) is 103 Å². The number of benzene rings is 1. The van der Waals surface area contributed by atoms with E-state index in [-0.39, 0.29) is 30.2 Å². The molecule has 2 atom stereocenters. The zero-order valence-electron chi connectivity index (χ0n) is 16.9. The van der Waals surface area contributed by atoms with Crippen molar-refractivity contribution in [2.45, 2.75) is 38.6 Å². The van der Waals surface area contributed by atoms with Gasteiger partial charge in [-0.1, -0.05) is 17.3 Å². The number of hydrogen-bond acceptors (Lipinski definition) is 7. The summed E-state index contributed by atoms with van der Waals surface area (Å²) in [5.41, 5.74) is 1.32. The number of amides is 1. The summed E-state index contributed by atoms with van der Waals surface area (Å²) in [6.07, 6.45) is 4.80. The van der Waals surface area contributed by atoms with Crippen LogP contribution in [-0.2, 0) is 4.74 Å². The summed E-state index contributed by atoms with van der Waals surface area (Å²) in [7, 11) is 0. The van der Waals surface area contributed by atoms with E-state index in [1.165, 1.54) is 4.80 Å². The van der Waals surface area contributed by atoms with Gasteiger partial charge in [-0.25, -0.2) is 4.79 Å². The monoisotopic (exact) mass is 409 g/mol. The molecular weight excluding hydrogens is 386 g/mol. The number of para-hydroxylation sites is 1. The van der Waals surface area contributed by atoms with Gasteiger partial charge in [-0.05, 0) is 38.8 Å². The van der Waals surface area contributed by atoms with Crippen LogP contribution in [0.3, 0.4) is 0 Å². The third-order valence-corrected chi connectivity index (χ3v) is 5.33. The average molecular weight is 409 g/mol. The highest BCUT2D eigenvalue weighted by molar-refractivity contribution is 5.98. The zero-order valence-corrected chi connectivity index (χ0v) is 16.9. The highest BCUT2D eigenvalue weighted by Crippen LogP contribution is 2.32. The summed E-state index contributed by atoms with van der Waals surface area (Å²) in [4.78, 5) is 28.6. The van der Waals surface area contributed by atoms with E-state index in [9.17, 15) is 9.59 Å². The van der Waals surface area contributed by atoms with Crippen molar-refractivity contribution in [3.05, 3.63) is 59.7 Å². The van der Waals surface area contributed by atoms with Crippen molar-refractivity contribution in [3.8, 4) is 5.69 Å². The predicted octanol–water partition coefficient (Wildman–Crippen LogP) is 2.84. The van der Waals surface area contributed by atoms with Crippen LogP contribution in [0.4, 0.5) is 0 Å². The second-order valence-electron chi connectivity index (χ2n) is 7.25. The Kier molecular flexibility index (Phi) is 5.60. The second kappa shape index (κ2) is 8.48. The molecule has 3 aromatic rings. The van der Waals surface area contributed by atoms with Gasteiger partial charge in [-0.2, -0.15) is 15.0 Å². The minimum atomic E-state index is -0.509. The minimum absolute atomic E-state index is 0.0455. The predicted molar refractivity (Wildman–Crippen MR) is 106 cm³/mol. The Bertz CT molecular complexity index is 1030. The first kappa shape index (κ1) is 19.8. The quantitative estimate of drug-likeness (QED) is 0.597. The van der Waals surface area contributed by atoms with Crippen molar-refractivity contribution < 1.29 is 18.8 Å². The highest BCUT2D eigenvalue weighted by Gasteiger charge is 2.33. The van der Waals surface area contributed by atoms with Gasteiger partial charge in [0.2, 0.25) is 0 Å². The molecule has 0 spiro atoms. The first-order chi connectivity index (χ1) is 14.6. The Balaban J connectivity index is 1.56. The van der Waals surface area contributed by atoms with Crippen LogP contribution in [-0.4, -0.2) is 56.1 Å². The Morgan fingerprint density at radius 2 is 1.97 bits per heavy atom. The van der Waals surface area contributed by atoms with Crippen LogP contribution in [0.25, 0.3) is 5.69 Å². The maximum Gasteiger partial charge on any atom is 0.360 e. The lowest BCUT2D eigenvalue weighted by molar-refractivity contribution is 0.0514. The van der Waals surface area contributed by atoms with Crippen molar-refractivity contribution >= 4 is 11.9 Å². The molecule has 9 nitrogen and oxygen atoms in total. The third kappa shape index (κ3) is 3.83. The number of nitrogens with zero attached hydrogens (tertiary/aromatic N) is 5. The SMILES string of the molecule is CCOC(=O)c1cc(C2CC[C@@H](C)N(C(=O)c3ccccc3-n3nccn3)C2)on1. The molecule has 0 aliphatic carbocycles. The number of hydrogen-bond donors (Lipinski definition) is 0. The fraction of sp³-hybridized carbons (Fsp3) is 0.381. The van der Waals surface area contributed by atoms with Crippen LogP contribution in [0.5, 0.6) is 0 Å². The molecular formula is C21H23N5O4. The zero-order chi connectivity index (χ0) is 21.1. The fourth-order valence-electron chi connectivity index (χ4n) is 3.73. The molecule has 0 bridgehead atoms. The third-order valence-electron chi connectivity index (χ3n) is 5.33. The van der Waals surface area contributed by atoms with E-state index >= 15 is 0 Å². The van der Waals surface area contributed by atoms with Gasteiger partial charge in [0.05, 0.1) is 30.3 Å². The molecule has 1 unspecified atom stereocenters. The van der Waals surface area contributed by atoms with Crippen LogP contribution in [0.15, 0.2) is 47.2 Å². The van der Waals surface area contributed by atoms with Gasteiger partial charge < -0.3 is 14.2 Å². The number of ether oxygens (including phenoxy) is 1. The normalized spacial score (nSPS) is 18.9. The van der Waals surface area contributed by atoms with Gasteiger partial charge in [0.25, 0.3) is 5.91 Å². The summed E-state index contributed by atoms with van der Waals surface area (Å²) in [6.45, 7) is 4.52. The number of carbonyl (C=O) groups excluding carboxylic acids is 2. The number of rotatable bonds is 5. The minimum Gasteiger partial charge on any atom is -0.461 e. The van der Waals surface area contributed by atoms with E-state index in [0.29, 0.717) is 23.6 Å². The summed E-state index contributed by atoms with van der Waals surface area (Å²) in [5.74, 6) is -0.0592. The maximum absolute atomic E-state index is 13.4. The molecule has 1 saturated heterocycles. The molecule has 1 aliphatic heterocycles. The molecule has 1 aliphatic rings. The van der Waals surface area contributed by atoms with Crippen molar-refractivity contribution in [3.63, 3.8) is 0 Å². The lowest BCUT2D eigenvalue weighted by Crippen LogP contribution is -2.45. The van der Waals surface area contributed by atoms with Crippen LogP contribution in [0, 0.1) is 0 Å². The van der Waals surface area contributed by atoms with Gasteiger partial charge in [-0.3, -0.25) is 4.79 Å². The molecule has 2 aromatic heterocycles. The second-order valence-corrected chi connectivity index (χ2v) is 7.25. The van der Waals surface area contributed by atoms with Crippen LogP contribution < -0.4 is 0 Å². The van der Waals surface area contributed by atoms with Crippen molar-refractivity contribution in [2.75, 3.05) is 13.2 Å². The largest absolute Gasteiger partial charge is 0.461 e. The molecule has 1 amide bonds. The fourth-order valence-corrected chi connectivity index (χ4v) is 3.73. The lowest BCUT2D eigenvalue weighted by atomic mass is 9.90. The van der Waals surface area contributed by atoms with Crippen molar-refractivity contribution in [2.24, 2.45) is 0 Å². The molecule has 156 valence electrons. The van der Waals surface area contributed by atoms with Gasteiger partial charge in [0, 0.05) is 24.6 Å². The van der Waals surface area contributed by atoms with Crippen LogP contribution in [0.2, 0.25) is 0 Å². The van der Waals surface area contributed by atoms with E-state index in [0.717, 1.165) is 12.8 Å². The number of esters is 1. The van der Waals surface area contributed by atoms with E-state index in [1.54, 1.807) is 31.5 Å². The molecule has 30 heavy (non-hydrogen) atoms. The van der Waals surface area contributed by atoms with Crippen LogP contribution in [0.1, 0.15) is 59.2 Å². The Labute approximate surface area is 173 Å².